The van der Waals surface area contributed by atoms with Crippen molar-refractivity contribution in [3.05, 3.63) is 0 Å². The summed E-state index contributed by atoms with van der Waals surface area (Å²) in [6.45, 7) is -1.08. The van der Waals surface area contributed by atoms with Crippen molar-refractivity contribution in [1.29, 1.82) is 0 Å². The Morgan fingerprint density at radius 3 is 1.67 bits per heavy atom. The van der Waals surface area contributed by atoms with E-state index in [-0.39, 0.29) is 0 Å². The summed E-state index contributed by atoms with van der Waals surface area (Å²) in [4.78, 5) is 0. The van der Waals surface area contributed by atoms with Crippen molar-refractivity contribution in [2.45, 2.75) is 11.8 Å². The second-order valence-electron chi connectivity index (χ2n) is 1.99. The Kier molecular flexibility index (Phi) is 3.02. The van der Waals surface area contributed by atoms with Gasteiger partial charge >= 0.3 is 0 Å². The predicted molar refractivity (Wildman–Crippen MR) is 31.3 cm³/mol. The Morgan fingerprint density at radius 1 is 1.33 bits per heavy atom. The monoisotopic (exact) mass is 136 g/mol. The minimum atomic E-state index is -1.47. The van der Waals surface area contributed by atoms with Crippen LogP contribution in [0.3, 0.4) is 0 Å². The number of aliphatic hydroxyl groups excluding tert-OH is 3. The first-order valence-electron chi connectivity index (χ1n) is 2.51. The summed E-state index contributed by atoms with van der Waals surface area (Å²) in [5.41, 5.74) is 8.59. The van der Waals surface area contributed by atoms with E-state index in [4.69, 9.17) is 26.8 Å². The van der Waals surface area contributed by atoms with Crippen molar-refractivity contribution in [2.24, 2.45) is 11.5 Å². The third-order valence-electron chi connectivity index (χ3n) is 1.18. The van der Waals surface area contributed by atoms with Gasteiger partial charge in [0.1, 0.15) is 11.8 Å². The molecule has 0 fully saturated rings. The standard InChI is InChI=1S/C4H12N2O3/c5-3(9)4(6,1-7)2-8/h3,7-9H,1-2,5-6H2. The average molecular weight is 136 g/mol. The maximum Gasteiger partial charge on any atom is 0.125 e. The molecule has 0 aliphatic carbocycles. The Hall–Kier alpha value is -0.200. The maximum atomic E-state index is 8.60. The highest BCUT2D eigenvalue weighted by Crippen LogP contribution is 1.99. The van der Waals surface area contributed by atoms with Gasteiger partial charge in [0.25, 0.3) is 0 Å². The van der Waals surface area contributed by atoms with Crippen LogP contribution in [0.25, 0.3) is 0 Å². The zero-order chi connectivity index (χ0) is 7.49. The van der Waals surface area contributed by atoms with Crippen LogP contribution in [0.1, 0.15) is 0 Å². The molecule has 5 heteroatoms. The van der Waals surface area contributed by atoms with Crippen LogP contribution in [0.2, 0.25) is 0 Å². The quantitative estimate of drug-likeness (QED) is 0.264. The van der Waals surface area contributed by atoms with Crippen LogP contribution in [0.15, 0.2) is 0 Å². The van der Waals surface area contributed by atoms with E-state index in [0.717, 1.165) is 0 Å². The topological polar surface area (TPSA) is 113 Å². The maximum absolute atomic E-state index is 8.60. The van der Waals surface area contributed by atoms with Crippen molar-refractivity contribution in [3.8, 4) is 0 Å². The van der Waals surface area contributed by atoms with E-state index in [1.807, 2.05) is 0 Å². The average Bonchev–Trinajstić information content (AvgIpc) is 1.86. The molecular weight excluding hydrogens is 124 g/mol. The fraction of sp³-hybridized carbons (Fsp3) is 1.00. The lowest BCUT2D eigenvalue weighted by Crippen LogP contribution is -2.60. The number of nitrogens with two attached hydrogens (primary N) is 2. The van der Waals surface area contributed by atoms with Gasteiger partial charge < -0.3 is 26.8 Å². The minimum absolute atomic E-state index is 0.541. The molecule has 5 nitrogen and oxygen atoms in total. The Bertz CT molecular complexity index is 81.9. The normalized spacial score (nSPS) is 15.7. The summed E-state index contributed by atoms with van der Waals surface area (Å²) < 4.78 is 0. The third kappa shape index (κ3) is 1.88. The van der Waals surface area contributed by atoms with E-state index >= 15 is 0 Å². The summed E-state index contributed by atoms with van der Waals surface area (Å²) in [5.74, 6) is 0. The molecule has 0 aliphatic heterocycles. The van der Waals surface area contributed by atoms with Crippen LogP contribution in [0, 0.1) is 0 Å². The molecule has 0 aromatic rings. The zero-order valence-electron chi connectivity index (χ0n) is 4.99. The molecular formula is C4H12N2O3. The van der Waals surface area contributed by atoms with E-state index < -0.39 is 25.0 Å². The molecule has 0 bridgehead atoms. The first-order valence-corrected chi connectivity index (χ1v) is 2.51. The van der Waals surface area contributed by atoms with E-state index in [2.05, 4.69) is 0 Å². The van der Waals surface area contributed by atoms with Crippen molar-refractivity contribution in [2.75, 3.05) is 13.2 Å². The molecule has 0 heterocycles. The van der Waals surface area contributed by atoms with Gasteiger partial charge in [0, 0.05) is 0 Å². The van der Waals surface area contributed by atoms with Crippen LogP contribution in [-0.2, 0) is 0 Å². The van der Waals surface area contributed by atoms with Gasteiger partial charge in [-0.2, -0.15) is 0 Å². The Balaban J connectivity index is 3.92. The highest BCUT2D eigenvalue weighted by atomic mass is 16.3. The Labute approximate surface area is 52.9 Å². The molecule has 0 saturated heterocycles. The highest BCUT2D eigenvalue weighted by Gasteiger charge is 2.29. The molecule has 9 heavy (non-hydrogen) atoms. The highest BCUT2D eigenvalue weighted by molar-refractivity contribution is 4.86. The first kappa shape index (κ1) is 8.80. The molecule has 0 amide bonds. The molecule has 0 radical (unpaired) electrons. The molecule has 0 spiro atoms. The summed E-state index contributed by atoms with van der Waals surface area (Å²) >= 11 is 0. The molecule has 0 aromatic carbocycles. The van der Waals surface area contributed by atoms with Gasteiger partial charge in [-0.15, -0.1) is 0 Å². The molecule has 0 rings (SSSR count). The van der Waals surface area contributed by atoms with E-state index in [1.165, 1.54) is 0 Å². The van der Waals surface area contributed by atoms with E-state index in [0.29, 0.717) is 0 Å². The third-order valence-corrected chi connectivity index (χ3v) is 1.18. The van der Waals surface area contributed by atoms with Gasteiger partial charge in [0.2, 0.25) is 0 Å². The number of hydrogen-bond acceptors (Lipinski definition) is 5. The molecule has 0 saturated carbocycles. The summed E-state index contributed by atoms with van der Waals surface area (Å²) in [7, 11) is 0. The SMILES string of the molecule is NC(O)C(N)(CO)CO. The molecule has 7 N–H and O–H groups in total. The van der Waals surface area contributed by atoms with Crippen LogP contribution in [-0.4, -0.2) is 40.3 Å². The Morgan fingerprint density at radius 2 is 1.67 bits per heavy atom. The molecule has 1 unspecified atom stereocenters. The number of aliphatic hydroxyl groups is 3. The van der Waals surface area contributed by atoms with Gasteiger partial charge in [0.05, 0.1) is 13.2 Å². The predicted octanol–water partition coefficient (Wildman–Crippen LogP) is -3.05. The first-order chi connectivity index (χ1) is 4.06. The second-order valence-corrected chi connectivity index (χ2v) is 1.99. The molecule has 0 aliphatic rings. The van der Waals surface area contributed by atoms with Crippen LogP contribution < -0.4 is 11.5 Å². The van der Waals surface area contributed by atoms with Gasteiger partial charge in [-0.05, 0) is 0 Å². The van der Waals surface area contributed by atoms with Crippen molar-refractivity contribution < 1.29 is 15.3 Å². The van der Waals surface area contributed by atoms with Crippen LogP contribution in [0.5, 0.6) is 0 Å². The van der Waals surface area contributed by atoms with Gasteiger partial charge in [-0.1, -0.05) is 0 Å². The lowest BCUT2D eigenvalue weighted by Gasteiger charge is -2.26. The summed E-state index contributed by atoms with van der Waals surface area (Å²) in [5, 5.41) is 25.5. The van der Waals surface area contributed by atoms with Crippen molar-refractivity contribution >= 4 is 0 Å². The van der Waals surface area contributed by atoms with Crippen molar-refractivity contribution in [3.63, 3.8) is 0 Å². The van der Waals surface area contributed by atoms with Crippen molar-refractivity contribution in [1.82, 2.24) is 0 Å². The lowest BCUT2D eigenvalue weighted by molar-refractivity contribution is 0.0116. The molecule has 56 valence electrons. The fourth-order valence-corrected chi connectivity index (χ4v) is 0.237. The zero-order valence-corrected chi connectivity index (χ0v) is 4.99. The fourth-order valence-electron chi connectivity index (χ4n) is 0.237. The molecule has 0 aromatic heterocycles. The number of rotatable bonds is 3. The van der Waals surface area contributed by atoms with Crippen LogP contribution in [0.4, 0.5) is 0 Å². The number of hydrogen-bond donors (Lipinski definition) is 5. The van der Waals surface area contributed by atoms with Crippen LogP contribution >= 0.6 is 0 Å². The van der Waals surface area contributed by atoms with E-state index in [1.54, 1.807) is 0 Å². The largest absolute Gasteiger partial charge is 0.394 e. The summed E-state index contributed by atoms with van der Waals surface area (Å²) in [6, 6.07) is 0. The smallest absolute Gasteiger partial charge is 0.125 e. The second kappa shape index (κ2) is 3.09. The van der Waals surface area contributed by atoms with E-state index in [9.17, 15) is 0 Å². The van der Waals surface area contributed by atoms with Gasteiger partial charge in [0.15, 0.2) is 0 Å². The lowest BCUT2D eigenvalue weighted by atomic mass is 10.0. The van der Waals surface area contributed by atoms with Gasteiger partial charge in [-0.3, -0.25) is 0 Å². The van der Waals surface area contributed by atoms with Gasteiger partial charge in [-0.25, -0.2) is 0 Å². The summed E-state index contributed by atoms with van der Waals surface area (Å²) in [6.07, 6.45) is -1.40. The molecule has 1 atom stereocenters. The minimum Gasteiger partial charge on any atom is -0.394 e.